The Balaban J connectivity index is 1.86. The molecule has 3 rings (SSSR count). The molecule has 0 aliphatic heterocycles. The molecule has 1 atom stereocenters. The Morgan fingerprint density at radius 1 is 0.833 bits per heavy atom. The minimum absolute atomic E-state index is 0.212. The first-order valence-electron chi connectivity index (χ1n) is 9.29. The van der Waals surface area contributed by atoms with Gasteiger partial charge in [0.05, 0.1) is 10.7 Å². The maximum Gasteiger partial charge on any atom is 0.251 e. The van der Waals surface area contributed by atoms with Gasteiger partial charge in [-0.25, -0.2) is 0 Å². The second-order valence-electron chi connectivity index (χ2n) is 6.82. The number of carbonyl (C=O) groups excluding carboxylic acids is 2. The molecule has 0 radical (unpaired) electrons. The summed E-state index contributed by atoms with van der Waals surface area (Å²) in [4.78, 5) is 24.4. The summed E-state index contributed by atoms with van der Waals surface area (Å²) in [6.07, 6.45) is 0. The minimum Gasteiger partial charge on any atom is -0.370 e. The van der Waals surface area contributed by atoms with E-state index < -0.39 is 6.04 Å². The van der Waals surface area contributed by atoms with Crippen molar-refractivity contribution >= 4 is 52.1 Å². The minimum atomic E-state index is -0.672. The number of aryl methyl sites for hydroxylation is 1. The number of nitrogens with one attached hydrogen (secondary N) is 3. The first-order valence-corrected chi connectivity index (χ1v) is 10.0. The Morgan fingerprint density at radius 3 is 2.13 bits per heavy atom. The van der Waals surface area contributed by atoms with Crippen LogP contribution in [-0.2, 0) is 9.59 Å². The molecule has 0 fully saturated rings. The number of benzene rings is 3. The van der Waals surface area contributed by atoms with Crippen LogP contribution in [0.4, 0.5) is 17.1 Å². The maximum atomic E-state index is 13.1. The quantitative estimate of drug-likeness (QED) is 0.435. The van der Waals surface area contributed by atoms with E-state index in [-0.39, 0.29) is 11.8 Å². The maximum absolute atomic E-state index is 13.1. The molecule has 3 N–H and O–H groups in total. The van der Waals surface area contributed by atoms with E-state index in [1.54, 1.807) is 30.3 Å². The fourth-order valence-corrected chi connectivity index (χ4v) is 3.30. The number of hydrogen-bond acceptors (Lipinski definition) is 3. The molecule has 0 saturated carbocycles. The molecule has 2 amide bonds. The average molecular weight is 442 g/mol. The van der Waals surface area contributed by atoms with Crippen LogP contribution < -0.4 is 16.0 Å². The van der Waals surface area contributed by atoms with Gasteiger partial charge in [-0.3, -0.25) is 9.59 Å². The van der Waals surface area contributed by atoms with E-state index in [9.17, 15) is 9.59 Å². The lowest BCUT2D eigenvalue weighted by atomic mass is 10.1. The van der Waals surface area contributed by atoms with E-state index in [4.69, 9.17) is 23.2 Å². The van der Waals surface area contributed by atoms with Crippen LogP contribution in [0.2, 0.25) is 10.0 Å². The van der Waals surface area contributed by atoms with Crippen molar-refractivity contribution in [3.8, 4) is 0 Å². The van der Waals surface area contributed by atoms with Crippen molar-refractivity contribution in [3.05, 3.63) is 87.9 Å². The van der Waals surface area contributed by atoms with Crippen LogP contribution in [0, 0.1) is 6.92 Å². The zero-order valence-electron chi connectivity index (χ0n) is 16.5. The molecular weight excluding hydrogens is 421 g/mol. The lowest BCUT2D eigenvalue weighted by Crippen LogP contribution is -2.27. The molecule has 0 aliphatic carbocycles. The molecular formula is C23H21Cl2N3O2. The third kappa shape index (κ3) is 5.53. The predicted molar refractivity (Wildman–Crippen MR) is 123 cm³/mol. The third-order valence-corrected chi connectivity index (χ3v) is 5.15. The molecule has 0 saturated heterocycles. The van der Waals surface area contributed by atoms with E-state index in [1.807, 2.05) is 43.3 Å². The van der Waals surface area contributed by atoms with Crippen LogP contribution in [0.15, 0.2) is 66.7 Å². The average Bonchev–Trinajstić information content (AvgIpc) is 2.71. The van der Waals surface area contributed by atoms with Gasteiger partial charge < -0.3 is 16.0 Å². The number of anilines is 3. The molecule has 1 unspecified atom stereocenters. The predicted octanol–water partition coefficient (Wildman–Crippen LogP) is 6.05. The summed E-state index contributed by atoms with van der Waals surface area (Å²) in [5, 5.41) is 9.73. The van der Waals surface area contributed by atoms with E-state index in [1.165, 1.54) is 6.92 Å². The summed E-state index contributed by atoms with van der Waals surface area (Å²) in [5.74, 6) is -0.459. The molecule has 30 heavy (non-hydrogen) atoms. The lowest BCUT2D eigenvalue weighted by Gasteiger charge is -2.21. The van der Waals surface area contributed by atoms with Crippen LogP contribution in [-0.4, -0.2) is 11.8 Å². The SMILES string of the molecule is CC(=O)Nc1ccc(NC(C(=O)Nc2ccc(C)c(Cl)c2)c2ccccc2)cc1Cl. The van der Waals surface area contributed by atoms with Gasteiger partial charge in [-0.2, -0.15) is 0 Å². The first kappa shape index (κ1) is 21.7. The second-order valence-corrected chi connectivity index (χ2v) is 7.63. The number of halogens is 2. The zero-order valence-corrected chi connectivity index (χ0v) is 18.0. The van der Waals surface area contributed by atoms with Gasteiger partial charge >= 0.3 is 0 Å². The molecule has 0 aliphatic rings. The van der Waals surface area contributed by atoms with Crippen molar-refractivity contribution in [1.29, 1.82) is 0 Å². The smallest absolute Gasteiger partial charge is 0.251 e. The van der Waals surface area contributed by atoms with E-state index in [0.29, 0.717) is 27.1 Å². The molecule has 0 heterocycles. The summed E-state index contributed by atoms with van der Waals surface area (Å²) in [6, 6.07) is 19.2. The normalized spacial score (nSPS) is 11.5. The number of rotatable bonds is 6. The highest BCUT2D eigenvalue weighted by molar-refractivity contribution is 6.34. The van der Waals surface area contributed by atoms with Gasteiger partial charge in [-0.1, -0.05) is 59.6 Å². The summed E-state index contributed by atoms with van der Waals surface area (Å²) in [7, 11) is 0. The molecule has 3 aromatic rings. The highest BCUT2D eigenvalue weighted by Gasteiger charge is 2.21. The summed E-state index contributed by atoms with van der Waals surface area (Å²) < 4.78 is 0. The van der Waals surface area contributed by atoms with Gasteiger partial charge in [-0.05, 0) is 48.4 Å². The topological polar surface area (TPSA) is 70.2 Å². The van der Waals surface area contributed by atoms with Crippen molar-refractivity contribution in [2.45, 2.75) is 19.9 Å². The molecule has 0 aromatic heterocycles. The first-order chi connectivity index (χ1) is 14.3. The fraction of sp³-hybridized carbons (Fsp3) is 0.130. The van der Waals surface area contributed by atoms with E-state index in [2.05, 4.69) is 16.0 Å². The molecule has 0 bridgehead atoms. The van der Waals surface area contributed by atoms with Crippen LogP contribution in [0.5, 0.6) is 0 Å². The van der Waals surface area contributed by atoms with Gasteiger partial charge in [0.25, 0.3) is 5.91 Å². The Labute approximate surface area is 185 Å². The fourth-order valence-electron chi connectivity index (χ4n) is 2.89. The molecule has 5 nitrogen and oxygen atoms in total. The number of hydrogen-bond donors (Lipinski definition) is 3. The van der Waals surface area contributed by atoms with Crippen molar-refractivity contribution in [3.63, 3.8) is 0 Å². The standard InChI is InChI=1S/C23H21Cl2N3O2/c1-14-8-9-18(12-19(14)24)28-23(30)22(16-6-4-3-5-7-16)27-17-10-11-21(20(25)13-17)26-15(2)29/h3-13,22,27H,1-2H3,(H,26,29)(H,28,30). The van der Waals surface area contributed by atoms with Gasteiger partial charge in [0.1, 0.15) is 6.04 Å². The van der Waals surface area contributed by atoms with Crippen molar-refractivity contribution in [2.24, 2.45) is 0 Å². The van der Waals surface area contributed by atoms with Crippen molar-refractivity contribution < 1.29 is 9.59 Å². The Morgan fingerprint density at radius 2 is 1.50 bits per heavy atom. The highest BCUT2D eigenvalue weighted by atomic mass is 35.5. The lowest BCUT2D eigenvalue weighted by molar-refractivity contribution is -0.117. The van der Waals surface area contributed by atoms with Crippen molar-refractivity contribution in [1.82, 2.24) is 0 Å². The molecule has 154 valence electrons. The summed E-state index contributed by atoms with van der Waals surface area (Å²) in [5.41, 5.74) is 3.47. The van der Waals surface area contributed by atoms with Crippen LogP contribution in [0.1, 0.15) is 24.1 Å². The summed E-state index contributed by atoms with van der Waals surface area (Å²) >= 11 is 12.5. The van der Waals surface area contributed by atoms with Crippen LogP contribution in [0.3, 0.4) is 0 Å². The Kier molecular flexibility index (Phi) is 6.98. The van der Waals surface area contributed by atoms with Gasteiger partial charge in [0, 0.05) is 23.3 Å². The molecule has 0 spiro atoms. The Bertz CT molecular complexity index is 1070. The number of carbonyl (C=O) groups is 2. The monoisotopic (exact) mass is 441 g/mol. The third-order valence-electron chi connectivity index (χ3n) is 4.43. The highest BCUT2D eigenvalue weighted by Crippen LogP contribution is 2.29. The van der Waals surface area contributed by atoms with E-state index >= 15 is 0 Å². The second kappa shape index (κ2) is 9.65. The van der Waals surface area contributed by atoms with E-state index in [0.717, 1.165) is 11.1 Å². The largest absolute Gasteiger partial charge is 0.370 e. The van der Waals surface area contributed by atoms with Gasteiger partial charge in [-0.15, -0.1) is 0 Å². The van der Waals surface area contributed by atoms with Crippen LogP contribution >= 0.6 is 23.2 Å². The Hall–Kier alpha value is -3.02. The van der Waals surface area contributed by atoms with Gasteiger partial charge in [0.15, 0.2) is 0 Å². The van der Waals surface area contributed by atoms with Gasteiger partial charge in [0.2, 0.25) is 5.91 Å². The van der Waals surface area contributed by atoms with Crippen LogP contribution in [0.25, 0.3) is 0 Å². The summed E-state index contributed by atoms with van der Waals surface area (Å²) in [6.45, 7) is 3.31. The number of amides is 2. The zero-order chi connectivity index (χ0) is 21.7. The molecule has 3 aromatic carbocycles. The van der Waals surface area contributed by atoms with Crippen molar-refractivity contribution in [2.75, 3.05) is 16.0 Å². The molecule has 7 heteroatoms.